The maximum atomic E-state index is 11.9. The lowest BCUT2D eigenvalue weighted by Crippen LogP contribution is -2.54. The third-order valence-corrected chi connectivity index (χ3v) is 5.68. The molecule has 0 bridgehead atoms. The number of carboxylic acid groups (broad SMARTS) is 1. The summed E-state index contributed by atoms with van der Waals surface area (Å²) in [4.78, 5) is 25.8. The molecule has 1 fully saturated rings. The summed E-state index contributed by atoms with van der Waals surface area (Å²) in [6.45, 7) is 2.06. The molecule has 0 aliphatic carbocycles. The summed E-state index contributed by atoms with van der Waals surface area (Å²) in [5.41, 5.74) is -1.04. The standard InChI is InChI=1S/C14H19NO3S2/c1-10-5-6-11(20-10)3-2-4-12(16)15-14(13(17)18)7-8-19-9-14/h5-6H,2-4,7-9H2,1H3,(H,15,16)(H,17,18). The van der Waals surface area contributed by atoms with E-state index < -0.39 is 11.5 Å². The topological polar surface area (TPSA) is 66.4 Å². The highest BCUT2D eigenvalue weighted by molar-refractivity contribution is 7.99. The van der Waals surface area contributed by atoms with Crippen molar-refractivity contribution < 1.29 is 14.7 Å². The van der Waals surface area contributed by atoms with Gasteiger partial charge in [0, 0.05) is 21.9 Å². The molecule has 0 radical (unpaired) electrons. The second kappa shape index (κ2) is 6.63. The van der Waals surface area contributed by atoms with Crippen molar-refractivity contribution in [3.8, 4) is 0 Å². The van der Waals surface area contributed by atoms with Gasteiger partial charge in [-0.1, -0.05) is 0 Å². The molecule has 1 amide bonds. The molecule has 0 saturated carbocycles. The second-order valence-corrected chi connectivity index (χ2v) is 7.58. The molecule has 110 valence electrons. The molecule has 6 heteroatoms. The number of hydrogen-bond donors (Lipinski definition) is 2. The lowest BCUT2D eigenvalue weighted by Gasteiger charge is -2.24. The molecule has 1 saturated heterocycles. The lowest BCUT2D eigenvalue weighted by molar-refractivity contribution is -0.146. The minimum atomic E-state index is -1.04. The van der Waals surface area contributed by atoms with E-state index in [2.05, 4.69) is 24.4 Å². The highest BCUT2D eigenvalue weighted by atomic mass is 32.2. The van der Waals surface area contributed by atoms with Crippen LogP contribution in [0.2, 0.25) is 0 Å². The molecule has 0 spiro atoms. The fourth-order valence-electron chi connectivity index (χ4n) is 2.26. The molecule has 1 aliphatic rings. The number of aryl methyl sites for hydroxylation is 2. The number of carbonyl (C=O) groups is 2. The number of carbonyl (C=O) groups excluding carboxylic acids is 1. The first-order valence-electron chi connectivity index (χ1n) is 6.69. The first-order chi connectivity index (χ1) is 9.52. The summed E-state index contributed by atoms with van der Waals surface area (Å²) in [6, 6.07) is 4.17. The van der Waals surface area contributed by atoms with E-state index in [0.29, 0.717) is 18.6 Å². The molecule has 0 aromatic carbocycles. The van der Waals surface area contributed by atoms with Gasteiger partial charge in [-0.3, -0.25) is 4.79 Å². The monoisotopic (exact) mass is 313 g/mol. The summed E-state index contributed by atoms with van der Waals surface area (Å²) in [6.07, 6.45) is 2.54. The molecule has 1 aromatic heterocycles. The van der Waals surface area contributed by atoms with E-state index in [1.807, 2.05) is 0 Å². The summed E-state index contributed by atoms with van der Waals surface area (Å²) in [5.74, 6) is 0.201. The second-order valence-electron chi connectivity index (χ2n) is 5.10. The Hall–Kier alpha value is -1.01. The minimum absolute atomic E-state index is 0.150. The van der Waals surface area contributed by atoms with Crippen molar-refractivity contribution >= 4 is 35.0 Å². The van der Waals surface area contributed by atoms with Crippen LogP contribution in [0.3, 0.4) is 0 Å². The van der Waals surface area contributed by atoms with Gasteiger partial charge in [0.1, 0.15) is 5.54 Å². The largest absolute Gasteiger partial charge is 0.479 e. The fraction of sp³-hybridized carbons (Fsp3) is 0.571. The van der Waals surface area contributed by atoms with Crippen molar-refractivity contribution in [1.82, 2.24) is 5.32 Å². The molecule has 4 nitrogen and oxygen atoms in total. The van der Waals surface area contributed by atoms with Crippen LogP contribution in [0.1, 0.15) is 29.0 Å². The highest BCUT2D eigenvalue weighted by Gasteiger charge is 2.42. The van der Waals surface area contributed by atoms with Crippen molar-refractivity contribution in [2.45, 2.75) is 38.1 Å². The van der Waals surface area contributed by atoms with Crippen LogP contribution in [-0.4, -0.2) is 34.0 Å². The summed E-state index contributed by atoms with van der Waals surface area (Å²) < 4.78 is 0. The van der Waals surface area contributed by atoms with Crippen molar-refractivity contribution in [3.63, 3.8) is 0 Å². The first-order valence-corrected chi connectivity index (χ1v) is 8.66. The van der Waals surface area contributed by atoms with E-state index in [1.165, 1.54) is 9.75 Å². The van der Waals surface area contributed by atoms with Gasteiger partial charge in [0.2, 0.25) is 5.91 Å². The summed E-state index contributed by atoms with van der Waals surface area (Å²) in [7, 11) is 0. The maximum Gasteiger partial charge on any atom is 0.330 e. The van der Waals surface area contributed by atoms with Gasteiger partial charge >= 0.3 is 5.97 Å². The Morgan fingerprint density at radius 3 is 2.80 bits per heavy atom. The number of nitrogens with one attached hydrogen (secondary N) is 1. The lowest BCUT2D eigenvalue weighted by atomic mass is 9.99. The molecule has 1 aromatic rings. The van der Waals surface area contributed by atoms with E-state index in [9.17, 15) is 14.7 Å². The van der Waals surface area contributed by atoms with E-state index in [1.54, 1.807) is 23.1 Å². The van der Waals surface area contributed by atoms with Gasteiger partial charge in [-0.15, -0.1) is 11.3 Å². The zero-order chi connectivity index (χ0) is 14.6. The molecule has 20 heavy (non-hydrogen) atoms. The molecule has 2 heterocycles. The molecule has 1 aliphatic heterocycles. The van der Waals surface area contributed by atoms with Crippen LogP contribution in [0, 0.1) is 6.92 Å². The van der Waals surface area contributed by atoms with Gasteiger partial charge in [0.05, 0.1) is 0 Å². The van der Waals surface area contributed by atoms with Crippen molar-refractivity contribution in [2.75, 3.05) is 11.5 Å². The van der Waals surface area contributed by atoms with Gasteiger partial charge < -0.3 is 10.4 Å². The molecular formula is C14H19NO3S2. The van der Waals surface area contributed by atoms with Gasteiger partial charge in [0.15, 0.2) is 0 Å². The van der Waals surface area contributed by atoms with Crippen LogP contribution in [-0.2, 0) is 16.0 Å². The van der Waals surface area contributed by atoms with E-state index in [0.717, 1.165) is 18.6 Å². The molecule has 1 atom stereocenters. The smallest absolute Gasteiger partial charge is 0.330 e. The maximum absolute atomic E-state index is 11.9. The molecule has 2 rings (SSSR count). The average molecular weight is 313 g/mol. The van der Waals surface area contributed by atoms with Gasteiger partial charge in [0.25, 0.3) is 0 Å². The van der Waals surface area contributed by atoms with E-state index >= 15 is 0 Å². The van der Waals surface area contributed by atoms with Crippen molar-refractivity contribution in [2.24, 2.45) is 0 Å². The van der Waals surface area contributed by atoms with Crippen LogP contribution in [0.4, 0.5) is 0 Å². The van der Waals surface area contributed by atoms with Crippen molar-refractivity contribution in [1.29, 1.82) is 0 Å². The quantitative estimate of drug-likeness (QED) is 0.846. The third-order valence-electron chi connectivity index (χ3n) is 3.43. The highest BCUT2D eigenvalue weighted by Crippen LogP contribution is 2.28. The Balaban J connectivity index is 1.78. The number of amides is 1. The Labute approximate surface area is 127 Å². The SMILES string of the molecule is Cc1ccc(CCCC(=O)NC2(C(=O)O)CCSC2)s1. The van der Waals surface area contributed by atoms with E-state index in [4.69, 9.17) is 0 Å². The Kier molecular flexibility index (Phi) is 5.10. The number of thioether (sulfide) groups is 1. The zero-order valence-corrected chi connectivity index (χ0v) is 13.1. The molecule has 1 unspecified atom stereocenters. The number of hydrogen-bond acceptors (Lipinski definition) is 4. The first kappa shape index (κ1) is 15.4. The number of thiophene rings is 1. The fourth-order valence-corrected chi connectivity index (χ4v) is 4.52. The van der Waals surface area contributed by atoms with Gasteiger partial charge in [-0.25, -0.2) is 4.79 Å². The van der Waals surface area contributed by atoms with Gasteiger partial charge in [-0.2, -0.15) is 11.8 Å². The molecule has 2 N–H and O–H groups in total. The Bertz CT molecular complexity index is 492. The normalized spacial score (nSPS) is 21.9. The summed E-state index contributed by atoms with van der Waals surface area (Å²) in [5, 5.41) is 12.0. The van der Waals surface area contributed by atoms with Crippen LogP contribution >= 0.6 is 23.1 Å². The number of carboxylic acids is 1. The van der Waals surface area contributed by atoms with Crippen LogP contribution < -0.4 is 5.32 Å². The Morgan fingerprint density at radius 2 is 2.25 bits per heavy atom. The molecular weight excluding hydrogens is 294 g/mol. The van der Waals surface area contributed by atoms with Gasteiger partial charge in [-0.05, 0) is 44.1 Å². The van der Waals surface area contributed by atoms with Crippen LogP contribution in [0.5, 0.6) is 0 Å². The predicted molar refractivity (Wildman–Crippen MR) is 82.4 cm³/mol. The van der Waals surface area contributed by atoms with Crippen molar-refractivity contribution in [3.05, 3.63) is 21.9 Å². The number of aliphatic carboxylic acids is 1. The van der Waals surface area contributed by atoms with Crippen LogP contribution in [0.25, 0.3) is 0 Å². The average Bonchev–Trinajstić information content (AvgIpc) is 2.99. The summed E-state index contributed by atoms with van der Waals surface area (Å²) >= 11 is 3.33. The Morgan fingerprint density at radius 1 is 1.45 bits per heavy atom. The predicted octanol–water partition coefficient (Wildman–Crippen LogP) is 2.46. The minimum Gasteiger partial charge on any atom is -0.479 e. The zero-order valence-electron chi connectivity index (χ0n) is 11.5. The van der Waals surface area contributed by atoms with E-state index in [-0.39, 0.29) is 5.91 Å². The van der Waals surface area contributed by atoms with Crippen LogP contribution in [0.15, 0.2) is 12.1 Å². The third kappa shape index (κ3) is 3.76. The number of rotatable bonds is 6.